The van der Waals surface area contributed by atoms with E-state index < -0.39 is 0 Å². The fraction of sp³-hybridized carbons (Fsp3) is 0.533. The Morgan fingerprint density at radius 3 is 2.33 bits per heavy atom. The van der Waals surface area contributed by atoms with Crippen molar-refractivity contribution in [3.63, 3.8) is 0 Å². The summed E-state index contributed by atoms with van der Waals surface area (Å²) < 4.78 is 1.05. The van der Waals surface area contributed by atoms with Gasteiger partial charge in [-0.3, -0.25) is 4.79 Å². The Balaban J connectivity index is 2.28. The number of Topliss-reactive ketones (excluding diaryl/α,β-unsaturated/α-hetero) is 1. The topological polar surface area (TPSA) is 20.3 Å². The first kappa shape index (κ1) is 13.6. The predicted molar refractivity (Wildman–Crippen MR) is 79.4 cm³/mol. The average molecular weight is 310 g/mol. The van der Waals surface area contributed by atoms with Crippen molar-refractivity contribution < 1.29 is 4.79 Å². The van der Waals surface area contributed by atoms with Crippen molar-refractivity contribution in [2.45, 2.75) is 39.0 Å². The van der Waals surface area contributed by atoms with Crippen molar-refractivity contribution >= 4 is 27.4 Å². The molecule has 0 bridgehead atoms. The second kappa shape index (κ2) is 6.37. The van der Waals surface area contributed by atoms with Crippen LogP contribution in [0.3, 0.4) is 0 Å². The quantitative estimate of drug-likeness (QED) is 0.754. The summed E-state index contributed by atoms with van der Waals surface area (Å²) in [6, 6.07) is 5.96. The molecule has 1 fully saturated rings. The van der Waals surface area contributed by atoms with Crippen LogP contribution in [-0.4, -0.2) is 18.9 Å². The molecule has 3 heteroatoms. The van der Waals surface area contributed by atoms with Crippen molar-refractivity contribution in [1.29, 1.82) is 0 Å². The monoisotopic (exact) mass is 309 g/mol. The van der Waals surface area contributed by atoms with Crippen molar-refractivity contribution in [2.75, 3.05) is 18.0 Å². The summed E-state index contributed by atoms with van der Waals surface area (Å²) in [4.78, 5) is 14.1. The summed E-state index contributed by atoms with van der Waals surface area (Å²) in [7, 11) is 0. The van der Waals surface area contributed by atoms with Crippen LogP contribution in [0.25, 0.3) is 0 Å². The summed E-state index contributed by atoms with van der Waals surface area (Å²) in [6.45, 7) is 3.78. The Labute approximate surface area is 117 Å². The lowest BCUT2D eigenvalue weighted by Crippen LogP contribution is -2.28. The molecule has 0 spiro atoms. The minimum absolute atomic E-state index is 0.152. The number of benzene rings is 1. The third-order valence-electron chi connectivity index (χ3n) is 3.54. The van der Waals surface area contributed by atoms with Gasteiger partial charge in [0.05, 0.1) is 0 Å². The minimum Gasteiger partial charge on any atom is -0.371 e. The molecule has 0 aliphatic carbocycles. The van der Waals surface area contributed by atoms with Crippen molar-refractivity contribution in [3.8, 4) is 0 Å². The molecule has 1 aromatic carbocycles. The van der Waals surface area contributed by atoms with Crippen LogP contribution >= 0.6 is 15.9 Å². The Kier molecular flexibility index (Phi) is 4.81. The number of ketones is 1. The van der Waals surface area contributed by atoms with Crippen LogP contribution in [0.2, 0.25) is 0 Å². The third kappa shape index (κ3) is 3.35. The fourth-order valence-electron chi connectivity index (χ4n) is 2.55. The van der Waals surface area contributed by atoms with Crippen molar-refractivity contribution in [2.24, 2.45) is 0 Å². The molecule has 0 amide bonds. The zero-order chi connectivity index (χ0) is 13.0. The first-order valence-corrected chi connectivity index (χ1v) is 7.53. The van der Waals surface area contributed by atoms with Crippen LogP contribution < -0.4 is 4.90 Å². The lowest BCUT2D eigenvalue weighted by atomic mass is 10.0. The summed E-state index contributed by atoms with van der Waals surface area (Å²) in [6.07, 6.45) is 6.42. The van der Waals surface area contributed by atoms with Gasteiger partial charge in [-0.1, -0.05) is 35.2 Å². The molecule has 18 heavy (non-hydrogen) atoms. The van der Waals surface area contributed by atoms with E-state index in [1.807, 2.05) is 12.1 Å². The van der Waals surface area contributed by atoms with Gasteiger partial charge in [-0.2, -0.15) is 0 Å². The van der Waals surface area contributed by atoms with E-state index in [4.69, 9.17) is 0 Å². The molecule has 1 aromatic rings. The zero-order valence-corrected chi connectivity index (χ0v) is 12.5. The van der Waals surface area contributed by atoms with Gasteiger partial charge in [-0.15, -0.1) is 0 Å². The van der Waals surface area contributed by atoms with Gasteiger partial charge in [0.2, 0.25) is 0 Å². The highest BCUT2D eigenvalue weighted by molar-refractivity contribution is 9.10. The van der Waals surface area contributed by atoms with E-state index in [0.717, 1.165) is 28.8 Å². The Bertz CT molecular complexity index is 423. The van der Waals surface area contributed by atoms with E-state index in [0.29, 0.717) is 0 Å². The molecule has 1 aliphatic heterocycles. The van der Waals surface area contributed by atoms with Crippen molar-refractivity contribution in [3.05, 3.63) is 28.2 Å². The maximum Gasteiger partial charge on any atom is 0.161 e. The highest BCUT2D eigenvalue weighted by Crippen LogP contribution is 2.27. The summed E-state index contributed by atoms with van der Waals surface area (Å²) in [5, 5.41) is 0. The maximum absolute atomic E-state index is 11.7. The number of halogens is 1. The van der Waals surface area contributed by atoms with Gasteiger partial charge in [0.1, 0.15) is 0 Å². The second-order valence-electron chi connectivity index (χ2n) is 4.97. The highest BCUT2D eigenvalue weighted by Gasteiger charge is 2.15. The van der Waals surface area contributed by atoms with Crippen LogP contribution in [0.15, 0.2) is 22.7 Å². The smallest absolute Gasteiger partial charge is 0.161 e. The number of hydrogen-bond acceptors (Lipinski definition) is 2. The normalized spacial score (nSPS) is 17.1. The first-order chi connectivity index (χ1) is 8.68. The second-order valence-corrected chi connectivity index (χ2v) is 5.89. The molecule has 0 N–H and O–H groups in total. The molecule has 1 aliphatic rings. The molecule has 98 valence electrons. The summed E-state index contributed by atoms with van der Waals surface area (Å²) in [5.41, 5.74) is 1.94. The first-order valence-electron chi connectivity index (χ1n) is 6.74. The highest BCUT2D eigenvalue weighted by atomic mass is 79.9. The van der Waals surface area contributed by atoms with Crippen LogP contribution in [0.4, 0.5) is 5.69 Å². The summed E-state index contributed by atoms with van der Waals surface area (Å²) in [5.74, 6) is 0.152. The number of carbonyl (C=O) groups is 1. The van der Waals surface area contributed by atoms with Gasteiger partial charge in [0, 0.05) is 28.8 Å². The molecule has 2 nitrogen and oxygen atoms in total. The molecule has 0 radical (unpaired) electrons. The van der Waals surface area contributed by atoms with Crippen LogP contribution in [-0.2, 0) is 0 Å². The number of rotatable bonds is 2. The average Bonchev–Trinajstić information content (AvgIpc) is 2.27. The molecule has 0 saturated carbocycles. The Morgan fingerprint density at radius 2 is 1.72 bits per heavy atom. The summed E-state index contributed by atoms with van der Waals surface area (Å²) >= 11 is 3.51. The van der Waals surface area contributed by atoms with E-state index >= 15 is 0 Å². The molecule has 1 heterocycles. The Hall–Kier alpha value is -0.830. The van der Waals surface area contributed by atoms with Crippen LogP contribution in [0.5, 0.6) is 0 Å². The number of anilines is 1. The number of nitrogens with zero attached hydrogens (tertiary/aromatic N) is 1. The molecule has 0 unspecified atom stereocenters. The third-order valence-corrected chi connectivity index (χ3v) is 4.03. The molecule has 1 saturated heterocycles. The molecular formula is C15H20BrNO. The lowest BCUT2D eigenvalue weighted by Gasteiger charge is -2.28. The van der Waals surface area contributed by atoms with Gasteiger partial charge in [0.15, 0.2) is 5.78 Å². The van der Waals surface area contributed by atoms with Gasteiger partial charge in [0.25, 0.3) is 0 Å². The van der Waals surface area contributed by atoms with Crippen LogP contribution in [0.1, 0.15) is 49.4 Å². The molecule has 0 atom stereocenters. The standard InChI is InChI=1S/C15H20BrNO/c1-12(18)14-8-7-13(16)11-15(14)17-9-5-3-2-4-6-10-17/h7-8,11H,2-6,9-10H2,1H3. The number of hydrogen-bond donors (Lipinski definition) is 0. The van der Waals surface area contributed by atoms with Crippen LogP contribution in [0, 0.1) is 0 Å². The van der Waals surface area contributed by atoms with Gasteiger partial charge < -0.3 is 4.90 Å². The molecular weight excluding hydrogens is 290 g/mol. The largest absolute Gasteiger partial charge is 0.371 e. The van der Waals surface area contributed by atoms with Gasteiger partial charge >= 0.3 is 0 Å². The van der Waals surface area contributed by atoms with E-state index in [2.05, 4.69) is 26.9 Å². The van der Waals surface area contributed by atoms with E-state index in [9.17, 15) is 4.79 Å². The molecule has 0 aromatic heterocycles. The number of carbonyl (C=O) groups excluding carboxylic acids is 1. The predicted octanol–water partition coefficient (Wildman–Crippen LogP) is 4.42. The Morgan fingerprint density at radius 1 is 1.11 bits per heavy atom. The fourth-order valence-corrected chi connectivity index (χ4v) is 2.90. The van der Waals surface area contributed by atoms with E-state index in [-0.39, 0.29) is 5.78 Å². The maximum atomic E-state index is 11.7. The van der Waals surface area contributed by atoms with Gasteiger partial charge in [-0.25, -0.2) is 0 Å². The van der Waals surface area contributed by atoms with Crippen molar-refractivity contribution in [1.82, 2.24) is 0 Å². The van der Waals surface area contributed by atoms with Gasteiger partial charge in [-0.05, 0) is 38.0 Å². The van der Waals surface area contributed by atoms with E-state index in [1.165, 1.54) is 32.1 Å². The lowest BCUT2D eigenvalue weighted by molar-refractivity contribution is 0.101. The zero-order valence-electron chi connectivity index (χ0n) is 10.9. The van der Waals surface area contributed by atoms with E-state index in [1.54, 1.807) is 6.92 Å². The molecule has 2 rings (SSSR count). The SMILES string of the molecule is CC(=O)c1ccc(Br)cc1N1CCCCCCC1. The minimum atomic E-state index is 0.152.